The number of hydrazine groups is 1. The van der Waals surface area contributed by atoms with Crippen molar-refractivity contribution in [3.05, 3.63) is 34.6 Å². The van der Waals surface area contributed by atoms with E-state index in [-0.39, 0.29) is 16.9 Å². The van der Waals surface area contributed by atoms with Gasteiger partial charge in [-0.2, -0.15) is 11.8 Å². The lowest BCUT2D eigenvalue weighted by Crippen LogP contribution is -2.39. The number of benzene rings is 1. The van der Waals surface area contributed by atoms with Gasteiger partial charge in [-0.1, -0.05) is 37.6 Å². The largest absolute Gasteiger partial charge is 0.271 e. The molecule has 1 rings (SSSR count). The van der Waals surface area contributed by atoms with Crippen LogP contribution in [0.15, 0.2) is 18.2 Å². The van der Waals surface area contributed by atoms with Gasteiger partial charge in [-0.15, -0.1) is 0 Å². The van der Waals surface area contributed by atoms with Crippen molar-refractivity contribution in [3.63, 3.8) is 0 Å². The normalized spacial score (nSPS) is 13.1. The van der Waals surface area contributed by atoms with Crippen molar-refractivity contribution in [2.75, 3.05) is 5.75 Å². The number of halogens is 2. The zero-order valence-electron chi connectivity index (χ0n) is 10.0. The second-order valence-corrected chi connectivity index (χ2v) is 6.18. The molecular formula is C12H18ClFN2S. The van der Waals surface area contributed by atoms with Gasteiger partial charge >= 0.3 is 0 Å². The Hall–Kier alpha value is -0.290. The summed E-state index contributed by atoms with van der Waals surface area (Å²) < 4.78 is 13.7. The van der Waals surface area contributed by atoms with Crippen LogP contribution in [0.1, 0.15) is 19.4 Å². The Balaban J connectivity index is 2.64. The summed E-state index contributed by atoms with van der Waals surface area (Å²) in [5.74, 6) is 5.98. The fourth-order valence-corrected chi connectivity index (χ4v) is 2.47. The first-order valence-electron chi connectivity index (χ1n) is 5.55. The molecule has 1 atom stereocenters. The van der Waals surface area contributed by atoms with Gasteiger partial charge in [-0.3, -0.25) is 11.3 Å². The van der Waals surface area contributed by atoms with E-state index in [1.807, 2.05) is 0 Å². The Morgan fingerprint density at radius 3 is 2.76 bits per heavy atom. The first-order valence-corrected chi connectivity index (χ1v) is 6.98. The van der Waals surface area contributed by atoms with E-state index < -0.39 is 0 Å². The fraction of sp³-hybridized carbons (Fsp3) is 0.500. The molecule has 0 fully saturated rings. The molecule has 0 saturated heterocycles. The molecule has 0 aliphatic rings. The van der Waals surface area contributed by atoms with E-state index in [1.165, 1.54) is 0 Å². The molecule has 96 valence electrons. The highest BCUT2D eigenvalue weighted by Crippen LogP contribution is 2.20. The van der Waals surface area contributed by atoms with Crippen LogP contribution < -0.4 is 11.3 Å². The van der Waals surface area contributed by atoms with Crippen molar-refractivity contribution in [1.29, 1.82) is 0 Å². The third-order valence-electron chi connectivity index (χ3n) is 2.36. The van der Waals surface area contributed by atoms with E-state index >= 15 is 0 Å². The topological polar surface area (TPSA) is 38.0 Å². The Kier molecular flexibility index (Phi) is 6.27. The van der Waals surface area contributed by atoms with Gasteiger partial charge in [0.25, 0.3) is 0 Å². The molecule has 1 aromatic carbocycles. The minimum Gasteiger partial charge on any atom is -0.271 e. The summed E-state index contributed by atoms with van der Waals surface area (Å²) in [6.45, 7) is 4.25. The van der Waals surface area contributed by atoms with Crippen LogP contribution in [0.4, 0.5) is 4.39 Å². The number of nitrogens with one attached hydrogen (secondary N) is 1. The maximum Gasteiger partial charge on any atom is 0.145 e. The molecule has 0 heterocycles. The first-order chi connectivity index (χ1) is 8.04. The number of hydrogen-bond donors (Lipinski definition) is 2. The summed E-state index contributed by atoms with van der Waals surface area (Å²) in [5.41, 5.74) is 3.32. The lowest BCUT2D eigenvalue weighted by atomic mass is 10.1. The maximum atomic E-state index is 13.7. The van der Waals surface area contributed by atoms with E-state index in [0.29, 0.717) is 17.2 Å². The molecule has 17 heavy (non-hydrogen) atoms. The minimum absolute atomic E-state index is 0.0513. The fourth-order valence-electron chi connectivity index (χ4n) is 1.45. The zero-order valence-corrected chi connectivity index (χ0v) is 11.6. The van der Waals surface area contributed by atoms with Crippen LogP contribution in [0, 0.1) is 5.82 Å². The SMILES string of the molecule is CC(C)SCC(Cc1cccc(Cl)c1F)NN. The van der Waals surface area contributed by atoms with Crippen LogP contribution in [-0.2, 0) is 6.42 Å². The molecule has 3 N–H and O–H groups in total. The van der Waals surface area contributed by atoms with Gasteiger partial charge in [0.2, 0.25) is 0 Å². The molecule has 0 aliphatic heterocycles. The molecule has 1 unspecified atom stereocenters. The maximum absolute atomic E-state index is 13.7. The molecule has 0 spiro atoms. The predicted molar refractivity (Wildman–Crippen MR) is 73.8 cm³/mol. The van der Waals surface area contributed by atoms with Gasteiger partial charge < -0.3 is 0 Å². The van der Waals surface area contributed by atoms with Gasteiger partial charge in [-0.05, 0) is 23.3 Å². The van der Waals surface area contributed by atoms with E-state index in [0.717, 1.165) is 5.75 Å². The first kappa shape index (κ1) is 14.8. The summed E-state index contributed by atoms with van der Waals surface area (Å²) in [7, 11) is 0. The molecule has 0 amide bonds. The average molecular weight is 277 g/mol. The van der Waals surface area contributed by atoms with Crippen molar-refractivity contribution in [2.24, 2.45) is 5.84 Å². The molecule has 5 heteroatoms. The molecule has 1 aromatic rings. The number of hydrogen-bond acceptors (Lipinski definition) is 3. The zero-order chi connectivity index (χ0) is 12.8. The third kappa shape index (κ3) is 4.84. The summed E-state index contributed by atoms with van der Waals surface area (Å²) in [5, 5.41) is 0.699. The molecule has 0 radical (unpaired) electrons. The minimum atomic E-state index is -0.344. The molecule has 0 aliphatic carbocycles. The van der Waals surface area contributed by atoms with E-state index in [9.17, 15) is 4.39 Å². The number of thioether (sulfide) groups is 1. The molecule has 0 saturated carbocycles. The average Bonchev–Trinajstić information content (AvgIpc) is 2.29. The number of nitrogens with two attached hydrogens (primary N) is 1. The van der Waals surface area contributed by atoms with Crippen molar-refractivity contribution in [1.82, 2.24) is 5.43 Å². The van der Waals surface area contributed by atoms with Gasteiger partial charge in [0.15, 0.2) is 0 Å². The molecule has 2 nitrogen and oxygen atoms in total. The van der Waals surface area contributed by atoms with Gasteiger partial charge in [-0.25, -0.2) is 4.39 Å². The highest BCUT2D eigenvalue weighted by atomic mass is 35.5. The van der Waals surface area contributed by atoms with Crippen molar-refractivity contribution in [2.45, 2.75) is 31.6 Å². The molecule has 0 aromatic heterocycles. The quantitative estimate of drug-likeness (QED) is 0.620. The lowest BCUT2D eigenvalue weighted by Gasteiger charge is -2.17. The van der Waals surface area contributed by atoms with Crippen molar-refractivity contribution in [3.8, 4) is 0 Å². The predicted octanol–water partition coefficient (Wildman–Crippen LogP) is 3.00. The van der Waals surface area contributed by atoms with Crippen molar-refractivity contribution >= 4 is 23.4 Å². The van der Waals surface area contributed by atoms with Gasteiger partial charge in [0.1, 0.15) is 5.82 Å². The van der Waals surface area contributed by atoms with Crippen LogP contribution in [0.5, 0.6) is 0 Å². The highest BCUT2D eigenvalue weighted by Gasteiger charge is 2.13. The van der Waals surface area contributed by atoms with E-state index in [1.54, 1.807) is 30.0 Å². The van der Waals surface area contributed by atoms with Crippen LogP contribution in [-0.4, -0.2) is 17.0 Å². The van der Waals surface area contributed by atoms with Crippen LogP contribution in [0.3, 0.4) is 0 Å². The lowest BCUT2D eigenvalue weighted by molar-refractivity contribution is 0.546. The standard InChI is InChI=1S/C12H18ClFN2S/c1-8(2)17-7-10(16-15)6-9-4-3-5-11(13)12(9)14/h3-5,8,10,16H,6-7,15H2,1-2H3. The van der Waals surface area contributed by atoms with Crippen LogP contribution in [0.25, 0.3) is 0 Å². The van der Waals surface area contributed by atoms with Crippen molar-refractivity contribution < 1.29 is 4.39 Å². The van der Waals surface area contributed by atoms with Gasteiger partial charge in [0, 0.05) is 11.8 Å². The Labute approximate surface area is 111 Å². The van der Waals surface area contributed by atoms with Crippen LogP contribution >= 0.6 is 23.4 Å². The third-order valence-corrected chi connectivity index (χ3v) is 3.92. The second-order valence-electron chi connectivity index (χ2n) is 4.16. The highest BCUT2D eigenvalue weighted by molar-refractivity contribution is 7.99. The molecule has 0 bridgehead atoms. The van der Waals surface area contributed by atoms with E-state index in [2.05, 4.69) is 19.3 Å². The summed E-state index contributed by atoms with van der Waals surface area (Å²) in [6.07, 6.45) is 0.544. The Morgan fingerprint density at radius 2 is 2.18 bits per heavy atom. The number of rotatable bonds is 6. The van der Waals surface area contributed by atoms with Crippen LogP contribution in [0.2, 0.25) is 5.02 Å². The Morgan fingerprint density at radius 1 is 1.47 bits per heavy atom. The second kappa shape index (κ2) is 7.21. The molecular weight excluding hydrogens is 259 g/mol. The summed E-state index contributed by atoms with van der Waals surface area (Å²) in [6, 6.07) is 5.10. The van der Waals surface area contributed by atoms with Gasteiger partial charge in [0.05, 0.1) is 5.02 Å². The van der Waals surface area contributed by atoms with E-state index in [4.69, 9.17) is 17.4 Å². The summed E-state index contributed by atoms with van der Waals surface area (Å²) >= 11 is 7.53. The summed E-state index contributed by atoms with van der Waals surface area (Å²) in [4.78, 5) is 0. The smallest absolute Gasteiger partial charge is 0.145 e. The monoisotopic (exact) mass is 276 g/mol. The Bertz CT molecular complexity index is 360.